The Bertz CT molecular complexity index is 326. The zero-order valence-electron chi connectivity index (χ0n) is 12.9. The first-order valence-electron chi connectivity index (χ1n) is 7.07. The zero-order chi connectivity index (χ0) is 14.4. The minimum atomic E-state index is -0.184. The van der Waals surface area contributed by atoms with Gasteiger partial charge in [0.25, 0.3) is 0 Å². The highest BCUT2D eigenvalue weighted by atomic mass is 16.5. The molecule has 0 aliphatic heterocycles. The van der Waals surface area contributed by atoms with Gasteiger partial charge < -0.3 is 15.0 Å². The zero-order valence-corrected chi connectivity index (χ0v) is 12.9. The number of nitrogens with zero attached hydrogens (tertiary/aromatic N) is 1. The highest BCUT2D eigenvalue weighted by Crippen LogP contribution is 2.30. The molecule has 0 amide bonds. The van der Waals surface area contributed by atoms with E-state index in [4.69, 9.17) is 4.74 Å². The van der Waals surface area contributed by atoms with Crippen molar-refractivity contribution in [2.45, 2.75) is 32.7 Å². The van der Waals surface area contributed by atoms with Crippen LogP contribution in [0.2, 0.25) is 0 Å². The van der Waals surface area contributed by atoms with E-state index in [0.717, 1.165) is 25.9 Å². The van der Waals surface area contributed by atoms with E-state index in [1.54, 1.807) is 0 Å². The van der Waals surface area contributed by atoms with Gasteiger partial charge in [-0.1, -0.05) is 18.6 Å². The summed E-state index contributed by atoms with van der Waals surface area (Å²) in [5.41, 5.74) is 1.38. The fourth-order valence-corrected chi connectivity index (χ4v) is 2.86. The maximum Gasteiger partial charge on any atom is 0.323 e. The molecule has 0 aromatic heterocycles. The summed E-state index contributed by atoms with van der Waals surface area (Å²) in [5, 5.41) is 3.37. The van der Waals surface area contributed by atoms with Crippen molar-refractivity contribution in [2.24, 2.45) is 11.8 Å². The lowest BCUT2D eigenvalue weighted by atomic mass is 9.79. The average Bonchev–Trinajstić information content (AvgIpc) is 2.32. The molecule has 1 N–H and O–H groups in total. The molecule has 0 saturated carbocycles. The van der Waals surface area contributed by atoms with E-state index < -0.39 is 0 Å². The molecule has 1 rings (SSSR count). The second-order valence-corrected chi connectivity index (χ2v) is 5.95. The number of esters is 1. The number of carbonyl (C=O) groups excluding carboxylic acids is 1. The SMILES string of the molecule is COC(=O)C(NCCN(C)C)C1CC(C)=CC(C)C1. The molecular weight excluding hydrogens is 240 g/mol. The molecule has 0 spiro atoms. The summed E-state index contributed by atoms with van der Waals surface area (Å²) in [5.74, 6) is 0.752. The van der Waals surface area contributed by atoms with Crippen LogP contribution in [0.3, 0.4) is 0 Å². The molecule has 0 saturated heterocycles. The summed E-state index contributed by atoms with van der Waals surface area (Å²) in [7, 11) is 5.53. The first kappa shape index (κ1) is 16.2. The number of allylic oxidation sites excluding steroid dienone is 2. The van der Waals surface area contributed by atoms with Gasteiger partial charge in [-0.15, -0.1) is 0 Å². The lowest BCUT2D eigenvalue weighted by Gasteiger charge is -2.31. The molecule has 0 aromatic rings. The van der Waals surface area contributed by atoms with Crippen molar-refractivity contribution in [3.63, 3.8) is 0 Å². The lowest BCUT2D eigenvalue weighted by molar-refractivity contribution is -0.144. The monoisotopic (exact) mass is 268 g/mol. The Balaban J connectivity index is 2.63. The molecule has 0 fully saturated rings. The molecule has 0 aromatic carbocycles. The minimum absolute atomic E-state index is 0.134. The Morgan fingerprint density at radius 2 is 2.26 bits per heavy atom. The molecule has 3 atom stereocenters. The van der Waals surface area contributed by atoms with Gasteiger partial charge in [0, 0.05) is 13.1 Å². The van der Waals surface area contributed by atoms with Crippen LogP contribution in [0.4, 0.5) is 0 Å². The molecule has 1 aliphatic carbocycles. The molecule has 3 unspecified atom stereocenters. The van der Waals surface area contributed by atoms with Crippen LogP contribution in [-0.4, -0.2) is 51.2 Å². The minimum Gasteiger partial charge on any atom is -0.468 e. The Hall–Kier alpha value is -0.870. The Morgan fingerprint density at radius 1 is 1.58 bits per heavy atom. The van der Waals surface area contributed by atoms with Crippen molar-refractivity contribution in [1.82, 2.24) is 10.2 Å². The van der Waals surface area contributed by atoms with Crippen LogP contribution in [0.5, 0.6) is 0 Å². The lowest BCUT2D eigenvalue weighted by Crippen LogP contribution is -2.46. The van der Waals surface area contributed by atoms with Gasteiger partial charge in [-0.25, -0.2) is 0 Å². The molecule has 0 bridgehead atoms. The number of likely N-dealkylation sites (N-methyl/N-ethyl adjacent to an activating group) is 1. The van der Waals surface area contributed by atoms with Crippen molar-refractivity contribution in [3.05, 3.63) is 11.6 Å². The van der Waals surface area contributed by atoms with Gasteiger partial charge in [0.05, 0.1) is 7.11 Å². The topological polar surface area (TPSA) is 41.6 Å². The maximum absolute atomic E-state index is 12.0. The Labute approximate surface area is 117 Å². The van der Waals surface area contributed by atoms with Crippen LogP contribution >= 0.6 is 0 Å². The summed E-state index contributed by atoms with van der Waals surface area (Å²) in [6.07, 6.45) is 4.34. The smallest absolute Gasteiger partial charge is 0.323 e. The summed E-state index contributed by atoms with van der Waals surface area (Å²) in [6.45, 7) is 6.09. The van der Waals surface area contributed by atoms with Crippen LogP contribution in [0.1, 0.15) is 26.7 Å². The van der Waals surface area contributed by atoms with Crippen LogP contribution < -0.4 is 5.32 Å². The summed E-state index contributed by atoms with van der Waals surface area (Å²) in [6, 6.07) is -0.184. The van der Waals surface area contributed by atoms with Crippen molar-refractivity contribution < 1.29 is 9.53 Å². The average molecular weight is 268 g/mol. The Morgan fingerprint density at radius 3 is 2.79 bits per heavy atom. The normalized spacial score (nSPS) is 25.1. The number of carbonyl (C=O) groups is 1. The second kappa shape index (κ2) is 7.65. The molecule has 110 valence electrons. The number of hydrogen-bond acceptors (Lipinski definition) is 4. The second-order valence-electron chi connectivity index (χ2n) is 5.95. The standard InChI is InChI=1S/C15H28N2O2/c1-11-8-12(2)10-13(9-11)14(15(18)19-5)16-6-7-17(3)4/h8,11,13-14,16H,6-7,9-10H2,1-5H3. The molecular formula is C15H28N2O2. The van der Waals surface area contributed by atoms with E-state index in [1.807, 2.05) is 14.1 Å². The number of rotatable bonds is 6. The van der Waals surface area contributed by atoms with Gasteiger partial charge in [-0.2, -0.15) is 0 Å². The van der Waals surface area contributed by atoms with E-state index in [9.17, 15) is 4.79 Å². The fraction of sp³-hybridized carbons (Fsp3) is 0.800. The van der Waals surface area contributed by atoms with E-state index in [1.165, 1.54) is 12.7 Å². The molecule has 4 heteroatoms. The van der Waals surface area contributed by atoms with Crippen LogP contribution in [0.25, 0.3) is 0 Å². The first-order valence-corrected chi connectivity index (χ1v) is 7.07. The van der Waals surface area contributed by atoms with Crippen molar-refractivity contribution in [3.8, 4) is 0 Å². The molecule has 4 nitrogen and oxygen atoms in total. The van der Waals surface area contributed by atoms with Crippen molar-refractivity contribution in [1.29, 1.82) is 0 Å². The van der Waals surface area contributed by atoms with Crippen LogP contribution in [0, 0.1) is 11.8 Å². The molecule has 19 heavy (non-hydrogen) atoms. The highest BCUT2D eigenvalue weighted by Gasteiger charge is 2.31. The maximum atomic E-state index is 12.0. The number of nitrogens with one attached hydrogen (secondary N) is 1. The first-order chi connectivity index (χ1) is 8.93. The molecule has 1 aliphatic rings. The van der Waals surface area contributed by atoms with Crippen molar-refractivity contribution >= 4 is 5.97 Å². The largest absolute Gasteiger partial charge is 0.468 e. The van der Waals surface area contributed by atoms with E-state index in [2.05, 4.69) is 30.1 Å². The van der Waals surface area contributed by atoms with Gasteiger partial charge in [0.2, 0.25) is 0 Å². The van der Waals surface area contributed by atoms with Gasteiger partial charge >= 0.3 is 5.97 Å². The fourth-order valence-electron chi connectivity index (χ4n) is 2.86. The number of ether oxygens (including phenoxy) is 1. The predicted octanol–water partition coefficient (Wildman–Crippen LogP) is 1.67. The third-order valence-corrected chi connectivity index (χ3v) is 3.68. The van der Waals surface area contributed by atoms with E-state index in [0.29, 0.717) is 11.8 Å². The quantitative estimate of drug-likeness (QED) is 0.588. The summed E-state index contributed by atoms with van der Waals surface area (Å²) in [4.78, 5) is 14.1. The van der Waals surface area contributed by atoms with Crippen molar-refractivity contribution in [2.75, 3.05) is 34.3 Å². The van der Waals surface area contributed by atoms with E-state index >= 15 is 0 Å². The van der Waals surface area contributed by atoms with Gasteiger partial charge in [0.15, 0.2) is 0 Å². The number of hydrogen-bond donors (Lipinski definition) is 1. The van der Waals surface area contributed by atoms with E-state index in [-0.39, 0.29) is 12.0 Å². The third-order valence-electron chi connectivity index (χ3n) is 3.68. The predicted molar refractivity (Wildman–Crippen MR) is 78.0 cm³/mol. The van der Waals surface area contributed by atoms with Gasteiger partial charge in [-0.3, -0.25) is 4.79 Å². The molecule has 0 radical (unpaired) electrons. The van der Waals surface area contributed by atoms with Crippen LogP contribution in [0.15, 0.2) is 11.6 Å². The highest BCUT2D eigenvalue weighted by molar-refractivity contribution is 5.76. The van der Waals surface area contributed by atoms with Crippen LogP contribution in [-0.2, 0) is 9.53 Å². The number of methoxy groups -OCH3 is 1. The third kappa shape index (κ3) is 5.33. The summed E-state index contributed by atoms with van der Waals surface area (Å²) < 4.78 is 4.96. The van der Waals surface area contributed by atoms with Gasteiger partial charge in [0.1, 0.15) is 6.04 Å². The summed E-state index contributed by atoms with van der Waals surface area (Å²) >= 11 is 0. The Kier molecular flexibility index (Phi) is 6.52. The van der Waals surface area contributed by atoms with Gasteiger partial charge in [-0.05, 0) is 45.7 Å². The molecule has 0 heterocycles.